The lowest BCUT2D eigenvalue weighted by atomic mass is 10.3. The quantitative estimate of drug-likeness (QED) is 0.458. The molecule has 3 rings (SSSR count). The first kappa shape index (κ1) is 18.6. The van der Waals surface area contributed by atoms with Gasteiger partial charge in [0.25, 0.3) is 11.4 Å². The molecule has 1 heterocycles. The third-order valence-corrected chi connectivity index (χ3v) is 4.43. The van der Waals surface area contributed by atoms with Gasteiger partial charge in [-0.25, -0.2) is 4.98 Å². The molecule has 0 unspecified atom stereocenters. The normalized spacial score (nSPS) is 10.6. The first-order valence-electron chi connectivity index (χ1n) is 7.32. The molecule has 0 bridgehead atoms. The molecule has 1 aromatic heterocycles. The van der Waals surface area contributed by atoms with E-state index in [-0.39, 0.29) is 22.3 Å². The minimum absolute atomic E-state index is 0.109. The number of hydrogen-bond donors (Lipinski definition) is 1. The van der Waals surface area contributed by atoms with Gasteiger partial charge in [-0.3, -0.25) is 25.3 Å². The van der Waals surface area contributed by atoms with E-state index in [4.69, 9.17) is 16.3 Å². The molecule has 0 radical (unpaired) electrons. The number of nitro groups is 2. The third kappa shape index (κ3) is 4.71. The highest BCUT2D eigenvalue weighted by molar-refractivity contribution is 7.99. The summed E-state index contributed by atoms with van der Waals surface area (Å²) in [5.41, 5.74) is -0.754. The van der Waals surface area contributed by atoms with Crippen LogP contribution in [0.25, 0.3) is 0 Å². The second-order valence-electron chi connectivity index (χ2n) is 5.08. The van der Waals surface area contributed by atoms with Crippen LogP contribution in [0.2, 0.25) is 5.02 Å². The Morgan fingerprint density at radius 2 is 1.85 bits per heavy atom. The minimum Gasteiger partial charge on any atom is -0.486 e. The Balaban J connectivity index is 1.71. The fourth-order valence-corrected chi connectivity index (χ4v) is 2.96. The van der Waals surface area contributed by atoms with E-state index >= 15 is 0 Å². The van der Waals surface area contributed by atoms with Crippen LogP contribution in [0.4, 0.5) is 11.4 Å². The number of rotatable bonds is 7. The number of ether oxygens (including phenoxy) is 1. The molecule has 0 spiro atoms. The first-order valence-corrected chi connectivity index (χ1v) is 8.52. The van der Waals surface area contributed by atoms with E-state index in [0.29, 0.717) is 16.6 Å². The van der Waals surface area contributed by atoms with Crippen LogP contribution in [0.15, 0.2) is 52.5 Å². The number of non-ortho nitro benzene ring substituents is 1. The molecular formula is C15H10ClN5O5S. The van der Waals surface area contributed by atoms with E-state index < -0.39 is 15.5 Å². The van der Waals surface area contributed by atoms with Gasteiger partial charge in [-0.1, -0.05) is 11.6 Å². The standard InChI is InChI=1S/C15H10ClN5O5S/c16-9-1-4-11(5-2-9)26-8-14-17-15(19-18-14)27-13-6-3-10(20(22)23)7-12(13)21(24)25/h1-7H,8H2,(H,17,18,19). The van der Waals surface area contributed by atoms with Crippen molar-refractivity contribution in [2.45, 2.75) is 16.7 Å². The highest BCUT2D eigenvalue weighted by Crippen LogP contribution is 2.35. The van der Waals surface area contributed by atoms with Crippen LogP contribution in [0.3, 0.4) is 0 Å². The van der Waals surface area contributed by atoms with Crippen LogP contribution in [0.1, 0.15) is 5.82 Å². The molecular weight excluding hydrogens is 398 g/mol. The molecule has 0 fully saturated rings. The van der Waals surface area contributed by atoms with Crippen molar-refractivity contribution in [1.82, 2.24) is 15.2 Å². The second-order valence-corrected chi connectivity index (χ2v) is 6.52. The van der Waals surface area contributed by atoms with Gasteiger partial charge in [-0.2, -0.15) is 0 Å². The molecule has 0 amide bonds. The Morgan fingerprint density at radius 1 is 1.11 bits per heavy atom. The molecule has 2 aromatic carbocycles. The molecule has 27 heavy (non-hydrogen) atoms. The van der Waals surface area contributed by atoms with Gasteiger partial charge in [0, 0.05) is 11.1 Å². The zero-order valence-corrected chi connectivity index (χ0v) is 14.9. The van der Waals surface area contributed by atoms with Crippen molar-refractivity contribution in [2.75, 3.05) is 0 Å². The first-order chi connectivity index (χ1) is 12.9. The predicted molar refractivity (Wildman–Crippen MR) is 96.0 cm³/mol. The maximum atomic E-state index is 11.2. The molecule has 0 aliphatic carbocycles. The number of nitrogens with one attached hydrogen (secondary N) is 1. The van der Waals surface area contributed by atoms with Crippen molar-refractivity contribution in [2.24, 2.45) is 0 Å². The van der Waals surface area contributed by atoms with Gasteiger partial charge in [0.2, 0.25) is 5.16 Å². The Bertz CT molecular complexity index is 995. The number of hydrogen-bond acceptors (Lipinski definition) is 8. The summed E-state index contributed by atoms with van der Waals surface area (Å²) in [4.78, 5) is 24.9. The molecule has 0 atom stereocenters. The number of H-pyrrole nitrogens is 1. The highest BCUT2D eigenvalue weighted by Gasteiger charge is 2.21. The Hall–Kier alpha value is -3.18. The zero-order chi connectivity index (χ0) is 19.4. The molecule has 1 N–H and O–H groups in total. The average molecular weight is 408 g/mol. The van der Waals surface area contributed by atoms with Gasteiger partial charge in [0.1, 0.15) is 12.4 Å². The van der Waals surface area contributed by atoms with Crippen LogP contribution < -0.4 is 4.74 Å². The van der Waals surface area contributed by atoms with Gasteiger partial charge < -0.3 is 4.74 Å². The molecule has 0 saturated heterocycles. The van der Waals surface area contributed by atoms with Crippen LogP contribution in [-0.2, 0) is 6.61 Å². The summed E-state index contributed by atoms with van der Waals surface area (Å²) in [6, 6.07) is 10.2. The monoisotopic (exact) mass is 407 g/mol. The van der Waals surface area contributed by atoms with Crippen LogP contribution in [0.5, 0.6) is 5.75 Å². The molecule has 0 aliphatic rings. The Morgan fingerprint density at radius 3 is 2.52 bits per heavy atom. The largest absolute Gasteiger partial charge is 0.486 e. The Labute approximate surface area is 160 Å². The summed E-state index contributed by atoms with van der Waals surface area (Å²) in [5.74, 6) is 1.01. The number of benzene rings is 2. The number of halogens is 1. The number of aromatic amines is 1. The molecule has 10 nitrogen and oxygen atoms in total. The zero-order valence-electron chi connectivity index (χ0n) is 13.4. The van der Waals surface area contributed by atoms with Gasteiger partial charge >= 0.3 is 0 Å². The summed E-state index contributed by atoms with van der Waals surface area (Å²) in [5, 5.41) is 29.4. The third-order valence-electron chi connectivity index (χ3n) is 3.25. The summed E-state index contributed by atoms with van der Waals surface area (Å²) in [6.07, 6.45) is 0. The van der Waals surface area contributed by atoms with Gasteiger partial charge in [0.05, 0.1) is 20.8 Å². The van der Waals surface area contributed by atoms with E-state index in [1.165, 1.54) is 12.1 Å². The predicted octanol–water partition coefficient (Wildman–Crippen LogP) is 4.00. The molecule has 0 saturated carbocycles. The molecule has 138 valence electrons. The fourth-order valence-electron chi connectivity index (χ4n) is 2.02. The highest BCUT2D eigenvalue weighted by atomic mass is 35.5. The van der Waals surface area contributed by atoms with Gasteiger partial charge in [0.15, 0.2) is 5.82 Å². The summed E-state index contributed by atoms with van der Waals surface area (Å²) in [7, 11) is 0. The number of nitro benzene ring substituents is 2. The smallest absolute Gasteiger partial charge is 0.290 e. The maximum Gasteiger partial charge on any atom is 0.290 e. The minimum atomic E-state index is -0.694. The number of aromatic nitrogens is 3. The lowest BCUT2D eigenvalue weighted by Gasteiger charge is -2.03. The van der Waals surface area contributed by atoms with Crippen molar-refractivity contribution in [1.29, 1.82) is 0 Å². The van der Waals surface area contributed by atoms with Crippen molar-refractivity contribution in [3.63, 3.8) is 0 Å². The maximum absolute atomic E-state index is 11.2. The lowest BCUT2D eigenvalue weighted by Crippen LogP contribution is -1.97. The summed E-state index contributed by atoms with van der Waals surface area (Å²) < 4.78 is 5.53. The topological polar surface area (TPSA) is 137 Å². The molecule has 12 heteroatoms. The van der Waals surface area contributed by atoms with E-state index in [1.807, 2.05) is 0 Å². The van der Waals surface area contributed by atoms with E-state index in [2.05, 4.69) is 15.2 Å². The lowest BCUT2D eigenvalue weighted by molar-refractivity contribution is -0.396. The van der Waals surface area contributed by atoms with E-state index in [9.17, 15) is 20.2 Å². The van der Waals surface area contributed by atoms with E-state index in [0.717, 1.165) is 17.8 Å². The van der Waals surface area contributed by atoms with Crippen molar-refractivity contribution in [3.05, 3.63) is 73.5 Å². The van der Waals surface area contributed by atoms with Crippen LogP contribution >= 0.6 is 23.4 Å². The van der Waals surface area contributed by atoms with Crippen molar-refractivity contribution >= 4 is 34.7 Å². The fraction of sp³-hybridized carbons (Fsp3) is 0.0667. The summed E-state index contributed by atoms with van der Waals surface area (Å²) in [6.45, 7) is 0.109. The molecule has 0 aliphatic heterocycles. The second kappa shape index (κ2) is 8.01. The van der Waals surface area contributed by atoms with Crippen LogP contribution in [-0.4, -0.2) is 25.0 Å². The van der Waals surface area contributed by atoms with Crippen LogP contribution in [0, 0.1) is 20.2 Å². The van der Waals surface area contributed by atoms with Gasteiger partial charge in [-0.15, -0.1) is 5.10 Å². The molecule has 3 aromatic rings. The average Bonchev–Trinajstić information content (AvgIpc) is 3.08. The van der Waals surface area contributed by atoms with Crippen molar-refractivity contribution < 1.29 is 14.6 Å². The SMILES string of the molecule is O=[N+]([O-])c1ccc(Sc2n[nH]c(COc3ccc(Cl)cc3)n2)c([N+](=O)[O-])c1. The Kier molecular flexibility index (Phi) is 5.52. The summed E-state index contributed by atoms with van der Waals surface area (Å²) >= 11 is 6.72. The number of nitrogens with zero attached hydrogens (tertiary/aromatic N) is 4. The van der Waals surface area contributed by atoms with E-state index in [1.54, 1.807) is 24.3 Å². The van der Waals surface area contributed by atoms with Gasteiger partial charge in [-0.05, 0) is 42.1 Å². The van der Waals surface area contributed by atoms with Crippen molar-refractivity contribution in [3.8, 4) is 5.75 Å².